The van der Waals surface area contributed by atoms with Gasteiger partial charge in [0.2, 0.25) is 0 Å². The van der Waals surface area contributed by atoms with E-state index in [1.54, 1.807) is 0 Å². The molecule has 0 amide bonds. The second kappa shape index (κ2) is 9.94. The Morgan fingerprint density at radius 2 is 0.667 bits per heavy atom. The van der Waals surface area contributed by atoms with Gasteiger partial charge >= 0.3 is 0 Å². The minimum absolute atomic E-state index is 0.838. The quantitative estimate of drug-likeness (QED) is 0.235. The third-order valence-electron chi connectivity index (χ3n) is 4.60. The van der Waals surface area contributed by atoms with Crippen molar-refractivity contribution in [2.75, 3.05) is 0 Å². The minimum atomic E-state index is 0.838. The van der Waals surface area contributed by atoms with Gasteiger partial charge in [-0.15, -0.1) is 0 Å². The van der Waals surface area contributed by atoms with Gasteiger partial charge in [0.1, 0.15) is 0 Å². The first-order chi connectivity index (χ1) is 14.8. The van der Waals surface area contributed by atoms with Crippen molar-refractivity contribution in [3.63, 3.8) is 0 Å². The number of nitrogens with zero attached hydrogens (tertiary/aromatic N) is 2. The molecule has 144 valence electrons. The molecule has 0 unspecified atom stereocenters. The second-order valence-corrected chi connectivity index (χ2v) is 6.87. The molecule has 0 atom stereocenters. The normalized spacial score (nSPS) is 11.6. The SMILES string of the molecule is C(=C\c1ccc(/C=C/c2ccc(N=Nc3ccccc3)cc2)cc1)/c1ccccc1. The van der Waals surface area contributed by atoms with Crippen molar-refractivity contribution in [2.45, 2.75) is 0 Å². The maximum atomic E-state index is 4.28. The summed E-state index contributed by atoms with van der Waals surface area (Å²) in [5.74, 6) is 0. The highest BCUT2D eigenvalue weighted by Crippen LogP contribution is 2.19. The van der Waals surface area contributed by atoms with Crippen LogP contribution in [0.1, 0.15) is 22.3 Å². The largest absolute Gasteiger partial charge is 0.151 e. The van der Waals surface area contributed by atoms with Gasteiger partial charge in [0.05, 0.1) is 11.4 Å². The van der Waals surface area contributed by atoms with Crippen LogP contribution in [0.25, 0.3) is 24.3 Å². The van der Waals surface area contributed by atoms with E-state index in [0.717, 1.165) is 16.9 Å². The maximum Gasteiger partial charge on any atom is 0.0857 e. The summed E-state index contributed by atoms with van der Waals surface area (Å²) in [6.07, 6.45) is 8.48. The van der Waals surface area contributed by atoms with Gasteiger partial charge in [-0.05, 0) is 46.5 Å². The average molecular weight is 386 g/mol. The predicted octanol–water partition coefficient (Wildman–Crippen LogP) is 8.44. The monoisotopic (exact) mass is 386 g/mol. The summed E-state index contributed by atoms with van der Waals surface area (Å²) in [6.45, 7) is 0. The van der Waals surface area contributed by atoms with Gasteiger partial charge in [-0.1, -0.05) is 109 Å². The Morgan fingerprint density at radius 3 is 1.13 bits per heavy atom. The first-order valence-electron chi connectivity index (χ1n) is 9.93. The smallest absolute Gasteiger partial charge is 0.0857 e. The predicted molar refractivity (Wildman–Crippen MR) is 128 cm³/mol. The lowest BCUT2D eigenvalue weighted by Gasteiger charge is -1.98. The number of hydrogen-bond donors (Lipinski definition) is 0. The van der Waals surface area contributed by atoms with E-state index in [0.29, 0.717) is 0 Å². The highest BCUT2D eigenvalue weighted by Gasteiger charge is 1.93. The molecule has 0 heterocycles. The van der Waals surface area contributed by atoms with E-state index in [-0.39, 0.29) is 0 Å². The molecule has 0 radical (unpaired) electrons. The maximum absolute atomic E-state index is 4.28. The van der Waals surface area contributed by atoms with E-state index >= 15 is 0 Å². The zero-order chi connectivity index (χ0) is 20.4. The fourth-order valence-electron chi connectivity index (χ4n) is 2.93. The lowest BCUT2D eigenvalue weighted by atomic mass is 10.1. The van der Waals surface area contributed by atoms with Crippen LogP contribution >= 0.6 is 0 Å². The van der Waals surface area contributed by atoms with Crippen LogP contribution in [0, 0.1) is 0 Å². The van der Waals surface area contributed by atoms with Crippen molar-refractivity contribution < 1.29 is 0 Å². The second-order valence-electron chi connectivity index (χ2n) is 6.87. The Morgan fingerprint density at radius 1 is 0.333 bits per heavy atom. The molecule has 30 heavy (non-hydrogen) atoms. The molecule has 0 saturated heterocycles. The van der Waals surface area contributed by atoms with Crippen LogP contribution < -0.4 is 0 Å². The van der Waals surface area contributed by atoms with Crippen molar-refractivity contribution in [1.82, 2.24) is 0 Å². The van der Waals surface area contributed by atoms with Gasteiger partial charge in [0.15, 0.2) is 0 Å². The van der Waals surface area contributed by atoms with Gasteiger partial charge in [-0.25, -0.2) is 0 Å². The molecule has 4 aromatic rings. The van der Waals surface area contributed by atoms with Crippen LogP contribution in [-0.4, -0.2) is 0 Å². The van der Waals surface area contributed by atoms with E-state index in [1.807, 2.05) is 72.8 Å². The Bertz CT molecular complexity index is 1040. The summed E-state index contributed by atoms with van der Waals surface area (Å²) >= 11 is 0. The lowest BCUT2D eigenvalue weighted by Crippen LogP contribution is -1.76. The zero-order valence-corrected chi connectivity index (χ0v) is 16.6. The highest BCUT2D eigenvalue weighted by atomic mass is 15.1. The first kappa shape index (κ1) is 19.3. The van der Waals surface area contributed by atoms with Gasteiger partial charge in [0.25, 0.3) is 0 Å². The topological polar surface area (TPSA) is 24.7 Å². The molecule has 4 rings (SSSR count). The summed E-state index contributed by atoms with van der Waals surface area (Å²) < 4.78 is 0. The molecule has 0 N–H and O–H groups in total. The van der Waals surface area contributed by atoms with E-state index < -0.39 is 0 Å². The minimum Gasteiger partial charge on any atom is -0.151 e. The third-order valence-corrected chi connectivity index (χ3v) is 4.60. The van der Waals surface area contributed by atoms with Crippen LogP contribution in [0.15, 0.2) is 119 Å². The molecule has 4 aromatic carbocycles. The number of rotatable bonds is 6. The lowest BCUT2D eigenvalue weighted by molar-refractivity contribution is 1.23. The molecule has 0 aliphatic rings. The van der Waals surface area contributed by atoms with E-state index in [1.165, 1.54) is 16.7 Å². The number of benzene rings is 4. The molecule has 0 saturated carbocycles. The van der Waals surface area contributed by atoms with Gasteiger partial charge in [0, 0.05) is 0 Å². The van der Waals surface area contributed by atoms with Crippen molar-refractivity contribution in [3.05, 3.63) is 131 Å². The van der Waals surface area contributed by atoms with Crippen LogP contribution in [0.4, 0.5) is 11.4 Å². The molecule has 0 aromatic heterocycles. The first-order valence-corrected chi connectivity index (χ1v) is 9.93. The van der Waals surface area contributed by atoms with Crippen LogP contribution in [0.3, 0.4) is 0 Å². The van der Waals surface area contributed by atoms with Crippen molar-refractivity contribution in [3.8, 4) is 0 Å². The fourth-order valence-corrected chi connectivity index (χ4v) is 2.93. The molecule has 2 heteroatoms. The summed E-state index contributed by atoms with van der Waals surface area (Å²) in [4.78, 5) is 0. The zero-order valence-electron chi connectivity index (χ0n) is 16.6. The average Bonchev–Trinajstić information content (AvgIpc) is 2.83. The fraction of sp³-hybridized carbons (Fsp3) is 0. The molecule has 0 bridgehead atoms. The summed E-state index contributed by atoms with van der Waals surface area (Å²) in [5, 5.41) is 8.52. The number of azo groups is 1. The molecule has 0 aliphatic heterocycles. The summed E-state index contributed by atoms with van der Waals surface area (Å²) in [5.41, 5.74) is 6.37. The van der Waals surface area contributed by atoms with E-state index in [9.17, 15) is 0 Å². The van der Waals surface area contributed by atoms with Crippen molar-refractivity contribution in [2.24, 2.45) is 10.2 Å². The molecule has 0 fully saturated rings. The summed E-state index contributed by atoms with van der Waals surface area (Å²) in [6, 6.07) is 36.6. The molecule has 0 aliphatic carbocycles. The van der Waals surface area contributed by atoms with Crippen LogP contribution in [0.5, 0.6) is 0 Å². The van der Waals surface area contributed by atoms with Crippen LogP contribution in [0.2, 0.25) is 0 Å². The van der Waals surface area contributed by atoms with Gasteiger partial charge in [-0.3, -0.25) is 0 Å². The molecular weight excluding hydrogens is 364 g/mol. The standard InChI is InChI=1S/C28H22N2/c1-3-7-23(8-4-1)11-12-24-13-15-25(16-14-24)17-18-26-19-21-28(22-20-26)30-29-27-9-5-2-6-10-27/h1-22H/b12-11+,18-17+,30-29?. The Labute approximate surface area is 177 Å². The Hall–Kier alpha value is -4.04. The van der Waals surface area contributed by atoms with Crippen molar-refractivity contribution in [1.29, 1.82) is 0 Å². The van der Waals surface area contributed by atoms with Gasteiger partial charge < -0.3 is 0 Å². The Kier molecular flexibility index (Phi) is 6.39. The number of hydrogen-bond acceptors (Lipinski definition) is 2. The molecular formula is C28H22N2. The highest BCUT2D eigenvalue weighted by molar-refractivity contribution is 5.73. The van der Waals surface area contributed by atoms with Crippen molar-refractivity contribution >= 4 is 35.7 Å². The van der Waals surface area contributed by atoms with Gasteiger partial charge in [-0.2, -0.15) is 10.2 Å². The molecule has 2 nitrogen and oxygen atoms in total. The van der Waals surface area contributed by atoms with E-state index in [2.05, 4.69) is 70.9 Å². The Balaban J connectivity index is 1.36. The van der Waals surface area contributed by atoms with Crippen LogP contribution in [-0.2, 0) is 0 Å². The third kappa shape index (κ3) is 5.73. The molecule has 0 spiro atoms. The summed E-state index contributed by atoms with van der Waals surface area (Å²) in [7, 11) is 0. The van der Waals surface area contributed by atoms with E-state index in [4.69, 9.17) is 0 Å².